The zero-order valence-corrected chi connectivity index (χ0v) is 23.7. The van der Waals surface area contributed by atoms with Crippen LogP contribution in [0.2, 0.25) is 18.6 Å². The van der Waals surface area contributed by atoms with Crippen LogP contribution in [0.5, 0.6) is 0 Å². The van der Waals surface area contributed by atoms with Crippen molar-refractivity contribution in [1.29, 1.82) is 0 Å². The van der Waals surface area contributed by atoms with E-state index in [1.807, 2.05) is 60.4 Å². The number of ether oxygens (including phenoxy) is 1. The molecule has 4 aliphatic rings. The highest BCUT2D eigenvalue weighted by Gasteiger charge is 2.65. The number of benzene rings is 2. The standard InChI is InChI=1S/C29H37FN4O4Si/c1-19-25(39(2,3)30)24(11-16-35)38-29(19)22-17-21(9-10-23(22)32-26(29)36)33-18-34(20-7-5-4-6-8-20)28(27(33)37)12-14-31-15-13-28/h4-10,17,19,24-25,31,35H,11-16,18H2,1-3H3,(H,32,36)/t19-,24+,25-,29+/m0/s1. The van der Waals surface area contributed by atoms with Crippen molar-refractivity contribution in [2.24, 2.45) is 5.92 Å². The lowest BCUT2D eigenvalue weighted by molar-refractivity contribution is -0.143. The van der Waals surface area contributed by atoms with Gasteiger partial charge in [0.1, 0.15) is 5.54 Å². The summed E-state index contributed by atoms with van der Waals surface area (Å²) in [7, 11) is -3.25. The summed E-state index contributed by atoms with van der Waals surface area (Å²) < 4.78 is 22.1. The Morgan fingerprint density at radius 2 is 1.82 bits per heavy atom. The highest BCUT2D eigenvalue weighted by molar-refractivity contribution is 6.72. The maximum atomic E-state index is 15.6. The summed E-state index contributed by atoms with van der Waals surface area (Å²) in [4.78, 5) is 31.8. The van der Waals surface area contributed by atoms with Crippen molar-refractivity contribution in [2.45, 2.75) is 62.1 Å². The molecule has 8 nitrogen and oxygen atoms in total. The van der Waals surface area contributed by atoms with Gasteiger partial charge < -0.3 is 29.5 Å². The third-order valence-electron chi connectivity index (χ3n) is 9.37. The molecule has 0 unspecified atom stereocenters. The molecule has 208 valence electrons. The van der Waals surface area contributed by atoms with E-state index in [-0.39, 0.29) is 24.8 Å². The SMILES string of the molecule is C[C@H]1[C@H]([Si](C)(C)F)[C@@H](CCO)O[C@]12C(=O)Nc1ccc(N3CN(c4ccccc4)C4(CCNCC4)C3=O)cc12. The number of hydrogen-bond donors (Lipinski definition) is 3. The molecule has 6 rings (SSSR count). The topological polar surface area (TPSA) is 94.1 Å². The number of amides is 2. The van der Waals surface area contributed by atoms with Gasteiger partial charge in [-0.25, -0.2) is 0 Å². The van der Waals surface area contributed by atoms with Crippen molar-refractivity contribution in [2.75, 3.05) is 41.5 Å². The van der Waals surface area contributed by atoms with E-state index in [1.165, 1.54) is 0 Å². The Morgan fingerprint density at radius 1 is 1.10 bits per heavy atom. The van der Waals surface area contributed by atoms with E-state index in [0.29, 0.717) is 36.4 Å². The van der Waals surface area contributed by atoms with Gasteiger partial charge in [-0.3, -0.25) is 14.5 Å². The summed E-state index contributed by atoms with van der Waals surface area (Å²) in [5.74, 6) is -0.685. The van der Waals surface area contributed by atoms with Gasteiger partial charge in [-0.05, 0) is 75.8 Å². The van der Waals surface area contributed by atoms with Gasteiger partial charge in [0.2, 0.25) is 8.41 Å². The number of piperidine rings is 1. The lowest BCUT2D eigenvalue weighted by Gasteiger charge is -2.39. The Balaban J connectivity index is 1.41. The minimum atomic E-state index is -3.25. The van der Waals surface area contributed by atoms with Crippen LogP contribution < -0.4 is 20.4 Å². The Kier molecular flexibility index (Phi) is 6.37. The van der Waals surface area contributed by atoms with E-state index in [2.05, 4.69) is 15.5 Å². The van der Waals surface area contributed by atoms with Gasteiger partial charge in [-0.1, -0.05) is 25.1 Å². The highest BCUT2D eigenvalue weighted by Crippen LogP contribution is 2.59. The predicted octanol–water partition coefficient (Wildman–Crippen LogP) is 3.73. The number of carbonyl (C=O) groups is 2. The summed E-state index contributed by atoms with van der Waals surface area (Å²) in [6.45, 7) is 6.95. The average molecular weight is 553 g/mol. The number of aliphatic hydroxyl groups excluding tert-OH is 1. The molecule has 2 spiro atoms. The molecule has 3 saturated heterocycles. The highest BCUT2D eigenvalue weighted by atomic mass is 28.4. The fourth-order valence-corrected chi connectivity index (χ4v) is 10.1. The molecule has 4 aliphatic heterocycles. The number of aliphatic hydroxyl groups is 1. The van der Waals surface area contributed by atoms with E-state index in [0.717, 1.165) is 18.8 Å². The van der Waals surface area contributed by atoms with Crippen LogP contribution in [0, 0.1) is 5.92 Å². The van der Waals surface area contributed by atoms with Crippen molar-refractivity contribution in [3.8, 4) is 0 Å². The van der Waals surface area contributed by atoms with E-state index in [9.17, 15) is 14.7 Å². The molecule has 4 heterocycles. The molecule has 3 fully saturated rings. The molecule has 2 amide bonds. The number of nitrogens with one attached hydrogen (secondary N) is 2. The smallest absolute Gasteiger partial charge is 0.261 e. The lowest BCUT2D eigenvalue weighted by Crippen LogP contribution is -2.55. The average Bonchev–Trinajstić information content (AvgIpc) is 3.48. The fraction of sp³-hybridized carbons (Fsp3) is 0.517. The number of hydrogen-bond acceptors (Lipinski definition) is 6. The summed E-state index contributed by atoms with van der Waals surface area (Å²) in [5.41, 5.74) is 0.510. The predicted molar refractivity (Wildman–Crippen MR) is 151 cm³/mol. The first-order valence-corrected chi connectivity index (χ1v) is 16.9. The zero-order valence-electron chi connectivity index (χ0n) is 22.7. The second-order valence-corrected chi connectivity index (χ2v) is 15.7. The van der Waals surface area contributed by atoms with E-state index in [1.54, 1.807) is 13.1 Å². The largest absolute Gasteiger partial charge is 0.396 e. The monoisotopic (exact) mass is 552 g/mol. The van der Waals surface area contributed by atoms with E-state index in [4.69, 9.17) is 4.74 Å². The molecule has 0 aliphatic carbocycles. The first-order valence-electron chi connectivity index (χ1n) is 13.9. The summed E-state index contributed by atoms with van der Waals surface area (Å²) in [6, 6.07) is 15.6. The van der Waals surface area contributed by atoms with Crippen molar-refractivity contribution in [3.63, 3.8) is 0 Å². The van der Waals surface area contributed by atoms with Gasteiger partial charge in [-0.15, -0.1) is 0 Å². The molecule has 2 aromatic carbocycles. The number of nitrogens with zero attached hydrogens (tertiary/aromatic N) is 2. The zero-order chi connectivity index (χ0) is 27.6. The third-order valence-corrected chi connectivity index (χ3v) is 11.8. The van der Waals surface area contributed by atoms with Crippen molar-refractivity contribution in [1.82, 2.24) is 5.32 Å². The molecular weight excluding hydrogens is 515 g/mol. The Bertz CT molecular complexity index is 1280. The summed E-state index contributed by atoms with van der Waals surface area (Å²) >= 11 is 0. The first-order chi connectivity index (χ1) is 18.6. The molecule has 39 heavy (non-hydrogen) atoms. The molecule has 10 heteroatoms. The quantitative estimate of drug-likeness (QED) is 0.387. The number of fused-ring (bicyclic) bond motifs is 2. The van der Waals surface area contributed by atoms with Gasteiger partial charge in [-0.2, -0.15) is 0 Å². The van der Waals surface area contributed by atoms with Crippen LogP contribution in [0.3, 0.4) is 0 Å². The molecule has 4 atom stereocenters. The molecule has 0 bridgehead atoms. The van der Waals surface area contributed by atoms with Crippen LogP contribution in [0.15, 0.2) is 48.5 Å². The summed E-state index contributed by atoms with van der Waals surface area (Å²) in [5, 5.41) is 16.1. The maximum absolute atomic E-state index is 15.6. The van der Waals surface area contributed by atoms with Crippen LogP contribution in [-0.4, -0.2) is 63.3 Å². The van der Waals surface area contributed by atoms with Crippen LogP contribution in [0.4, 0.5) is 21.2 Å². The van der Waals surface area contributed by atoms with Crippen molar-refractivity contribution >= 4 is 37.3 Å². The number of rotatable bonds is 5. The van der Waals surface area contributed by atoms with Crippen molar-refractivity contribution < 1.29 is 23.5 Å². The van der Waals surface area contributed by atoms with Gasteiger partial charge in [0.25, 0.3) is 11.8 Å². The van der Waals surface area contributed by atoms with E-state index >= 15 is 4.11 Å². The maximum Gasteiger partial charge on any atom is 0.261 e. The molecule has 0 radical (unpaired) electrons. The second-order valence-electron chi connectivity index (χ2n) is 11.9. The summed E-state index contributed by atoms with van der Waals surface area (Å²) in [6.07, 6.45) is 1.11. The molecule has 2 aromatic rings. The van der Waals surface area contributed by atoms with Crippen molar-refractivity contribution in [3.05, 3.63) is 54.1 Å². The fourth-order valence-electron chi connectivity index (χ4n) is 7.59. The number of para-hydroxylation sites is 1. The third kappa shape index (κ3) is 3.87. The van der Waals surface area contributed by atoms with Gasteiger partial charge in [0.15, 0.2) is 5.60 Å². The second kappa shape index (κ2) is 9.40. The van der Waals surface area contributed by atoms with Crippen LogP contribution in [0.25, 0.3) is 0 Å². The number of carbonyl (C=O) groups excluding carboxylic acids is 2. The normalized spacial score (nSPS) is 29.9. The molecule has 0 aromatic heterocycles. The molecule has 0 saturated carbocycles. The van der Waals surface area contributed by atoms with Crippen LogP contribution >= 0.6 is 0 Å². The Labute approximate surface area is 229 Å². The minimum Gasteiger partial charge on any atom is -0.396 e. The minimum absolute atomic E-state index is 0.0489. The van der Waals surface area contributed by atoms with Gasteiger partial charge in [0.05, 0.1) is 12.8 Å². The number of anilines is 3. The Morgan fingerprint density at radius 3 is 2.49 bits per heavy atom. The van der Waals surface area contributed by atoms with E-state index < -0.39 is 37.1 Å². The first kappa shape index (κ1) is 26.4. The van der Waals surface area contributed by atoms with Gasteiger partial charge in [0, 0.05) is 40.7 Å². The van der Waals surface area contributed by atoms with Crippen LogP contribution in [0.1, 0.15) is 31.7 Å². The molecular formula is C29H37FN4O4Si. The van der Waals surface area contributed by atoms with Crippen LogP contribution in [-0.2, 0) is 19.9 Å². The lowest BCUT2D eigenvalue weighted by atomic mass is 9.82. The number of halogens is 1. The van der Waals surface area contributed by atoms with Gasteiger partial charge >= 0.3 is 0 Å². The Hall–Kier alpha value is -2.79. The molecule has 3 N–H and O–H groups in total.